The summed E-state index contributed by atoms with van der Waals surface area (Å²) in [5.41, 5.74) is 0.770. The Kier molecular flexibility index (Phi) is 5.33. The predicted molar refractivity (Wildman–Crippen MR) is 76.0 cm³/mol. The van der Waals surface area contributed by atoms with Gasteiger partial charge in [-0.2, -0.15) is 0 Å². The zero-order chi connectivity index (χ0) is 13.7. The van der Waals surface area contributed by atoms with Gasteiger partial charge in [-0.05, 0) is 18.2 Å². The molecule has 5 nitrogen and oxygen atoms in total. The molecule has 1 amide bonds. The Hall–Kier alpha value is -0.950. The van der Waals surface area contributed by atoms with Crippen molar-refractivity contribution in [1.82, 2.24) is 4.90 Å². The van der Waals surface area contributed by atoms with Gasteiger partial charge in [-0.15, -0.1) is 0 Å². The van der Waals surface area contributed by atoms with Crippen molar-refractivity contribution >= 4 is 27.5 Å². The first-order valence-electron chi connectivity index (χ1n) is 6.17. The molecule has 0 bridgehead atoms. The van der Waals surface area contributed by atoms with Crippen molar-refractivity contribution < 1.29 is 14.6 Å². The highest BCUT2D eigenvalue weighted by molar-refractivity contribution is 9.10. The number of benzene rings is 1. The van der Waals surface area contributed by atoms with Crippen LogP contribution in [0, 0.1) is 0 Å². The molecule has 6 heteroatoms. The first-order valence-corrected chi connectivity index (χ1v) is 6.97. The summed E-state index contributed by atoms with van der Waals surface area (Å²) in [7, 11) is 0. The molecule has 19 heavy (non-hydrogen) atoms. The fourth-order valence-electron chi connectivity index (χ4n) is 2.00. The van der Waals surface area contributed by atoms with Crippen LogP contribution < -0.4 is 5.32 Å². The van der Waals surface area contributed by atoms with E-state index in [4.69, 9.17) is 9.84 Å². The van der Waals surface area contributed by atoms with E-state index < -0.39 is 0 Å². The number of carbonyl (C=O) groups is 1. The number of nitrogens with zero attached hydrogens (tertiary/aromatic N) is 1. The van der Waals surface area contributed by atoms with E-state index in [1.165, 1.54) is 0 Å². The van der Waals surface area contributed by atoms with Crippen LogP contribution >= 0.6 is 15.9 Å². The number of hydrogen-bond donors (Lipinski definition) is 2. The van der Waals surface area contributed by atoms with E-state index in [2.05, 4.69) is 21.2 Å². The minimum atomic E-state index is -0.188. The first kappa shape index (κ1) is 14.5. The van der Waals surface area contributed by atoms with Crippen molar-refractivity contribution in [3.63, 3.8) is 0 Å². The quantitative estimate of drug-likeness (QED) is 0.868. The number of aliphatic hydroxyl groups excluding tert-OH is 1. The summed E-state index contributed by atoms with van der Waals surface area (Å²) >= 11 is 3.36. The van der Waals surface area contributed by atoms with Gasteiger partial charge < -0.3 is 15.2 Å². The Morgan fingerprint density at radius 3 is 3.16 bits per heavy atom. The third-order valence-electron chi connectivity index (χ3n) is 2.90. The molecule has 1 aromatic rings. The molecule has 0 aliphatic carbocycles. The molecule has 0 aromatic heterocycles. The molecule has 0 radical (unpaired) electrons. The molecular formula is C13H17BrN2O3. The molecule has 0 saturated carbocycles. The maximum Gasteiger partial charge on any atom is 0.238 e. The number of anilines is 1. The van der Waals surface area contributed by atoms with Crippen LogP contribution in [0.1, 0.15) is 0 Å². The molecule has 1 unspecified atom stereocenters. The summed E-state index contributed by atoms with van der Waals surface area (Å²) in [4.78, 5) is 13.9. The molecule has 1 aliphatic heterocycles. The molecule has 1 aromatic carbocycles. The van der Waals surface area contributed by atoms with E-state index in [-0.39, 0.29) is 18.6 Å². The standard InChI is InChI=1S/C13H17BrN2O3/c14-10-2-1-3-11(6-10)15-13(18)8-16-4-5-19-12(7-16)9-17/h1-3,6,12,17H,4-5,7-9H2,(H,15,18). The molecule has 1 saturated heterocycles. The first-order chi connectivity index (χ1) is 9.17. The van der Waals surface area contributed by atoms with Crippen LogP contribution in [-0.4, -0.2) is 54.9 Å². The number of nitrogens with one attached hydrogen (secondary N) is 1. The van der Waals surface area contributed by atoms with Crippen molar-refractivity contribution in [2.75, 3.05) is 38.2 Å². The minimum Gasteiger partial charge on any atom is -0.394 e. The second kappa shape index (κ2) is 7.00. The second-order valence-electron chi connectivity index (χ2n) is 4.47. The topological polar surface area (TPSA) is 61.8 Å². The number of amides is 1. The van der Waals surface area contributed by atoms with Crippen LogP contribution in [0.2, 0.25) is 0 Å². The van der Waals surface area contributed by atoms with E-state index >= 15 is 0 Å². The van der Waals surface area contributed by atoms with Crippen molar-refractivity contribution in [3.8, 4) is 0 Å². The van der Waals surface area contributed by atoms with Crippen LogP contribution in [0.4, 0.5) is 5.69 Å². The third-order valence-corrected chi connectivity index (χ3v) is 3.40. The molecule has 1 atom stereocenters. The maximum absolute atomic E-state index is 11.9. The van der Waals surface area contributed by atoms with Crippen LogP contribution in [0.3, 0.4) is 0 Å². The summed E-state index contributed by atoms with van der Waals surface area (Å²) in [5.74, 6) is -0.0586. The van der Waals surface area contributed by atoms with Crippen LogP contribution in [0.5, 0.6) is 0 Å². The van der Waals surface area contributed by atoms with Crippen LogP contribution in [0.25, 0.3) is 0 Å². The lowest BCUT2D eigenvalue weighted by Crippen LogP contribution is -2.46. The molecule has 2 rings (SSSR count). The van der Waals surface area contributed by atoms with Crippen molar-refractivity contribution in [2.24, 2.45) is 0 Å². The Balaban J connectivity index is 1.84. The van der Waals surface area contributed by atoms with Crippen LogP contribution in [-0.2, 0) is 9.53 Å². The normalized spacial score (nSPS) is 20.2. The number of halogens is 1. The smallest absolute Gasteiger partial charge is 0.238 e. The zero-order valence-electron chi connectivity index (χ0n) is 10.5. The number of hydrogen-bond acceptors (Lipinski definition) is 4. The van der Waals surface area contributed by atoms with E-state index in [1.54, 1.807) is 0 Å². The summed E-state index contributed by atoms with van der Waals surface area (Å²) < 4.78 is 6.27. The number of aliphatic hydroxyl groups is 1. The van der Waals surface area contributed by atoms with Gasteiger partial charge in [0.2, 0.25) is 5.91 Å². The fourth-order valence-corrected chi connectivity index (χ4v) is 2.40. The molecule has 1 fully saturated rings. The maximum atomic E-state index is 11.9. The minimum absolute atomic E-state index is 0.0102. The second-order valence-corrected chi connectivity index (χ2v) is 5.38. The Morgan fingerprint density at radius 2 is 2.42 bits per heavy atom. The Bertz CT molecular complexity index is 442. The van der Waals surface area contributed by atoms with E-state index in [0.29, 0.717) is 26.2 Å². The zero-order valence-corrected chi connectivity index (χ0v) is 12.1. The van der Waals surface area contributed by atoms with Gasteiger partial charge in [-0.1, -0.05) is 22.0 Å². The van der Waals surface area contributed by atoms with Gasteiger partial charge in [0.05, 0.1) is 25.9 Å². The summed E-state index contributed by atoms with van der Waals surface area (Å²) in [5, 5.41) is 11.9. The molecule has 0 spiro atoms. The van der Waals surface area contributed by atoms with Gasteiger partial charge in [0.25, 0.3) is 0 Å². The summed E-state index contributed by atoms with van der Waals surface area (Å²) in [6.07, 6.45) is -0.188. The van der Waals surface area contributed by atoms with Gasteiger partial charge in [-0.25, -0.2) is 0 Å². The summed E-state index contributed by atoms with van der Waals surface area (Å²) in [6, 6.07) is 7.48. The largest absolute Gasteiger partial charge is 0.394 e. The van der Waals surface area contributed by atoms with Crippen molar-refractivity contribution in [2.45, 2.75) is 6.10 Å². The monoisotopic (exact) mass is 328 g/mol. The Morgan fingerprint density at radius 1 is 1.58 bits per heavy atom. The van der Waals surface area contributed by atoms with E-state index in [1.807, 2.05) is 29.2 Å². The predicted octanol–water partition coefficient (Wildman–Crippen LogP) is 1.08. The molecule has 1 heterocycles. The highest BCUT2D eigenvalue weighted by Gasteiger charge is 2.21. The van der Waals surface area contributed by atoms with Gasteiger partial charge in [-0.3, -0.25) is 9.69 Å². The SMILES string of the molecule is O=C(CN1CCOC(CO)C1)Nc1cccc(Br)c1. The van der Waals surface area contributed by atoms with E-state index in [0.717, 1.165) is 10.2 Å². The van der Waals surface area contributed by atoms with Gasteiger partial charge >= 0.3 is 0 Å². The molecule has 1 aliphatic rings. The summed E-state index contributed by atoms with van der Waals surface area (Å²) in [6.45, 7) is 2.15. The van der Waals surface area contributed by atoms with Crippen LogP contribution in [0.15, 0.2) is 28.7 Å². The van der Waals surface area contributed by atoms with Gasteiger partial charge in [0.15, 0.2) is 0 Å². The molecular weight excluding hydrogens is 312 g/mol. The third kappa shape index (κ3) is 4.58. The lowest BCUT2D eigenvalue weighted by atomic mass is 10.2. The average Bonchev–Trinajstić information content (AvgIpc) is 2.38. The number of ether oxygens (including phenoxy) is 1. The highest BCUT2D eigenvalue weighted by Crippen LogP contribution is 2.15. The molecule has 2 N–H and O–H groups in total. The van der Waals surface area contributed by atoms with Crippen molar-refractivity contribution in [1.29, 1.82) is 0 Å². The van der Waals surface area contributed by atoms with E-state index in [9.17, 15) is 4.79 Å². The Labute approximate surface area is 120 Å². The molecule has 104 valence electrons. The van der Waals surface area contributed by atoms with Gasteiger partial charge in [0, 0.05) is 23.2 Å². The average molecular weight is 329 g/mol. The van der Waals surface area contributed by atoms with Crippen molar-refractivity contribution in [3.05, 3.63) is 28.7 Å². The number of morpholine rings is 1. The number of carbonyl (C=O) groups excluding carboxylic acids is 1. The lowest BCUT2D eigenvalue weighted by Gasteiger charge is -2.31. The lowest BCUT2D eigenvalue weighted by molar-refractivity contribution is -0.120. The fraction of sp³-hybridized carbons (Fsp3) is 0.462. The van der Waals surface area contributed by atoms with Gasteiger partial charge in [0.1, 0.15) is 0 Å². The number of rotatable bonds is 4. The highest BCUT2D eigenvalue weighted by atomic mass is 79.9.